The second-order valence-electron chi connectivity index (χ2n) is 5.21. The first kappa shape index (κ1) is 14.8. The molecule has 0 aliphatic heterocycles. The third kappa shape index (κ3) is 3.22. The number of tetrazole rings is 1. The Kier molecular flexibility index (Phi) is 4.77. The summed E-state index contributed by atoms with van der Waals surface area (Å²) in [5, 5.41) is 13.7. The van der Waals surface area contributed by atoms with E-state index in [2.05, 4.69) is 21.6 Å². The number of rotatable bonds is 5. The maximum atomic E-state index is 6.35. The van der Waals surface area contributed by atoms with Crippen LogP contribution in [0.2, 0.25) is 5.02 Å². The van der Waals surface area contributed by atoms with Crippen LogP contribution in [0.3, 0.4) is 0 Å². The quantitative estimate of drug-likeness (QED) is 0.915. The highest BCUT2D eigenvalue weighted by atomic mass is 35.5. The number of aromatic nitrogens is 4. The fraction of sp³-hybridized carbons (Fsp3) is 0.500. The van der Waals surface area contributed by atoms with Crippen LogP contribution in [0.5, 0.6) is 0 Å². The highest BCUT2D eigenvalue weighted by molar-refractivity contribution is 7.99. The van der Waals surface area contributed by atoms with Gasteiger partial charge in [-0.15, -0.1) is 5.10 Å². The Morgan fingerprint density at radius 3 is 2.90 bits per heavy atom. The fourth-order valence-electron chi connectivity index (χ4n) is 2.74. The molecule has 3 rings (SSSR count). The summed E-state index contributed by atoms with van der Waals surface area (Å²) < 4.78 is 1.95. The Bertz CT molecular complexity index is 609. The van der Waals surface area contributed by atoms with Crippen molar-refractivity contribution in [2.45, 2.75) is 48.2 Å². The lowest BCUT2D eigenvalue weighted by atomic mass is 10.1. The molecule has 0 amide bonds. The van der Waals surface area contributed by atoms with Crippen molar-refractivity contribution in [1.82, 2.24) is 20.2 Å². The Hall–Kier alpha value is -1.11. The molecule has 21 heavy (non-hydrogen) atoms. The zero-order chi connectivity index (χ0) is 14.7. The van der Waals surface area contributed by atoms with Crippen molar-refractivity contribution in [3.63, 3.8) is 0 Å². The van der Waals surface area contributed by atoms with Crippen molar-refractivity contribution >= 4 is 23.4 Å². The van der Waals surface area contributed by atoms with Crippen molar-refractivity contribution in [1.29, 1.82) is 0 Å². The molecule has 1 aliphatic rings. The van der Waals surface area contributed by atoms with E-state index in [1.54, 1.807) is 11.8 Å². The average Bonchev–Trinajstić information content (AvgIpc) is 3.13. The maximum Gasteiger partial charge on any atom is 0.214 e. The van der Waals surface area contributed by atoms with Gasteiger partial charge in [0.25, 0.3) is 0 Å². The number of hydrogen-bond donors (Lipinski definition) is 1. The predicted octanol–water partition coefficient (Wildman–Crippen LogP) is 3.09. The Morgan fingerprint density at radius 1 is 1.33 bits per heavy atom. The molecule has 112 valence electrons. The first-order valence-corrected chi connectivity index (χ1v) is 8.42. The summed E-state index contributed by atoms with van der Waals surface area (Å²) in [5.41, 5.74) is 6.83. The second-order valence-corrected chi connectivity index (χ2v) is 6.60. The fourth-order valence-corrected chi connectivity index (χ4v) is 4.06. The maximum absolute atomic E-state index is 6.35. The summed E-state index contributed by atoms with van der Waals surface area (Å²) in [6, 6.07) is 6.33. The Labute approximate surface area is 133 Å². The monoisotopic (exact) mass is 323 g/mol. The van der Waals surface area contributed by atoms with Gasteiger partial charge in [0, 0.05) is 4.90 Å². The Morgan fingerprint density at radius 2 is 2.14 bits per heavy atom. The normalized spacial score (nSPS) is 15.7. The zero-order valence-corrected chi connectivity index (χ0v) is 13.3. The van der Waals surface area contributed by atoms with E-state index >= 15 is 0 Å². The second kappa shape index (κ2) is 6.77. The smallest absolute Gasteiger partial charge is 0.214 e. The molecule has 1 aromatic heterocycles. The van der Waals surface area contributed by atoms with Crippen molar-refractivity contribution in [2.24, 2.45) is 5.73 Å². The number of benzene rings is 1. The Balaban J connectivity index is 1.89. The lowest BCUT2D eigenvalue weighted by molar-refractivity contribution is 0.423. The molecule has 1 heterocycles. The molecule has 0 atom stereocenters. The molecular formula is C14H18ClN5S. The SMILES string of the molecule is NCCc1cccc(Cl)c1Sc1nnnn1C1CCCC1. The summed E-state index contributed by atoms with van der Waals surface area (Å²) in [5.74, 6) is 0. The van der Waals surface area contributed by atoms with Crippen LogP contribution in [0.25, 0.3) is 0 Å². The van der Waals surface area contributed by atoms with Crippen LogP contribution in [0.1, 0.15) is 37.3 Å². The van der Waals surface area contributed by atoms with Crippen LogP contribution in [0, 0.1) is 0 Å². The number of hydrogen-bond acceptors (Lipinski definition) is 5. The predicted molar refractivity (Wildman–Crippen MR) is 83.7 cm³/mol. The number of halogens is 1. The molecule has 1 saturated carbocycles. The molecule has 2 aromatic rings. The molecule has 0 radical (unpaired) electrons. The molecule has 0 unspecified atom stereocenters. The molecule has 0 bridgehead atoms. The summed E-state index contributed by atoms with van der Waals surface area (Å²) in [6.07, 6.45) is 5.60. The van der Waals surface area contributed by atoms with Crippen LogP contribution in [-0.4, -0.2) is 26.8 Å². The average molecular weight is 324 g/mol. The molecule has 1 fully saturated rings. The standard InChI is InChI=1S/C14H18ClN5S/c15-12-7-3-4-10(8-9-16)13(12)21-14-17-18-19-20(14)11-5-1-2-6-11/h3-4,7,11H,1-2,5-6,8-9,16H2. The van der Waals surface area contributed by atoms with Crippen LogP contribution < -0.4 is 5.73 Å². The van der Waals surface area contributed by atoms with E-state index in [0.717, 1.165) is 39.9 Å². The molecule has 0 spiro atoms. The van der Waals surface area contributed by atoms with Gasteiger partial charge in [-0.3, -0.25) is 0 Å². The highest BCUT2D eigenvalue weighted by Gasteiger charge is 2.23. The van der Waals surface area contributed by atoms with Gasteiger partial charge in [-0.05, 0) is 59.6 Å². The lowest BCUT2D eigenvalue weighted by Gasteiger charge is -2.13. The van der Waals surface area contributed by atoms with E-state index in [1.165, 1.54) is 12.8 Å². The third-order valence-corrected chi connectivity index (χ3v) is 5.35. The van der Waals surface area contributed by atoms with Gasteiger partial charge in [0.1, 0.15) is 0 Å². The highest BCUT2D eigenvalue weighted by Crippen LogP contribution is 2.38. The molecule has 5 nitrogen and oxygen atoms in total. The minimum Gasteiger partial charge on any atom is -0.330 e. The van der Waals surface area contributed by atoms with Gasteiger partial charge in [-0.2, -0.15) is 0 Å². The third-order valence-electron chi connectivity index (χ3n) is 3.79. The summed E-state index contributed by atoms with van der Waals surface area (Å²) in [4.78, 5) is 1.01. The topological polar surface area (TPSA) is 69.6 Å². The lowest BCUT2D eigenvalue weighted by Crippen LogP contribution is -2.09. The molecular weight excluding hydrogens is 306 g/mol. The first-order chi connectivity index (χ1) is 10.3. The minimum absolute atomic E-state index is 0.419. The van der Waals surface area contributed by atoms with Gasteiger partial charge in [0.2, 0.25) is 5.16 Å². The molecule has 1 aromatic carbocycles. The van der Waals surface area contributed by atoms with Crippen molar-refractivity contribution in [3.05, 3.63) is 28.8 Å². The number of nitrogens with zero attached hydrogens (tertiary/aromatic N) is 4. The van der Waals surface area contributed by atoms with Gasteiger partial charge in [0.15, 0.2) is 0 Å². The largest absolute Gasteiger partial charge is 0.330 e. The van der Waals surface area contributed by atoms with Crippen molar-refractivity contribution in [3.8, 4) is 0 Å². The first-order valence-electron chi connectivity index (χ1n) is 7.22. The van der Waals surface area contributed by atoms with Crippen LogP contribution in [0.15, 0.2) is 28.3 Å². The van der Waals surface area contributed by atoms with Gasteiger partial charge < -0.3 is 5.73 Å². The van der Waals surface area contributed by atoms with E-state index < -0.39 is 0 Å². The van der Waals surface area contributed by atoms with Gasteiger partial charge in [-0.25, -0.2) is 4.68 Å². The van der Waals surface area contributed by atoms with E-state index in [0.29, 0.717) is 12.6 Å². The summed E-state index contributed by atoms with van der Waals surface area (Å²) in [6.45, 7) is 0.599. The van der Waals surface area contributed by atoms with E-state index in [9.17, 15) is 0 Å². The van der Waals surface area contributed by atoms with E-state index in [1.807, 2.05) is 16.8 Å². The summed E-state index contributed by atoms with van der Waals surface area (Å²) >= 11 is 7.89. The molecule has 0 saturated heterocycles. The summed E-state index contributed by atoms with van der Waals surface area (Å²) in [7, 11) is 0. The van der Waals surface area contributed by atoms with Gasteiger partial charge >= 0.3 is 0 Å². The van der Waals surface area contributed by atoms with Crippen molar-refractivity contribution < 1.29 is 0 Å². The number of nitrogens with two attached hydrogens (primary N) is 1. The zero-order valence-electron chi connectivity index (χ0n) is 11.7. The van der Waals surface area contributed by atoms with Crippen molar-refractivity contribution in [2.75, 3.05) is 6.54 Å². The minimum atomic E-state index is 0.419. The molecule has 1 aliphatic carbocycles. The van der Waals surface area contributed by atoms with E-state index in [4.69, 9.17) is 17.3 Å². The van der Waals surface area contributed by atoms with E-state index in [-0.39, 0.29) is 0 Å². The van der Waals surface area contributed by atoms with Crippen LogP contribution in [-0.2, 0) is 6.42 Å². The van der Waals surface area contributed by atoms with Crippen LogP contribution >= 0.6 is 23.4 Å². The van der Waals surface area contributed by atoms with Gasteiger partial charge in [-0.1, -0.05) is 36.6 Å². The van der Waals surface area contributed by atoms with Gasteiger partial charge in [0.05, 0.1) is 11.1 Å². The molecule has 2 N–H and O–H groups in total. The molecule has 7 heteroatoms. The van der Waals surface area contributed by atoms with Crippen LogP contribution in [0.4, 0.5) is 0 Å².